The number of amides is 2. The van der Waals surface area contributed by atoms with Crippen LogP contribution in [0.4, 0.5) is 11.4 Å². The molecule has 0 saturated carbocycles. The third-order valence-electron chi connectivity index (χ3n) is 3.96. The molecule has 124 valence electrons. The molecular formula is C18H18N2O4. The molecule has 0 N–H and O–H groups in total. The number of methoxy groups -OCH3 is 2. The molecule has 0 aliphatic carbocycles. The van der Waals surface area contributed by atoms with E-state index in [4.69, 9.17) is 9.47 Å². The van der Waals surface area contributed by atoms with Gasteiger partial charge in [-0.15, -0.1) is 0 Å². The van der Waals surface area contributed by atoms with Crippen LogP contribution in [-0.4, -0.2) is 32.7 Å². The first-order chi connectivity index (χ1) is 11.6. The van der Waals surface area contributed by atoms with Gasteiger partial charge in [0.15, 0.2) is 0 Å². The van der Waals surface area contributed by atoms with Crippen LogP contribution in [0.15, 0.2) is 48.5 Å². The monoisotopic (exact) mass is 326 g/mol. The number of hydrogen-bond acceptors (Lipinski definition) is 4. The van der Waals surface area contributed by atoms with Crippen molar-refractivity contribution in [2.45, 2.75) is 6.42 Å². The fraction of sp³-hybridized carbons (Fsp3) is 0.222. The van der Waals surface area contributed by atoms with Gasteiger partial charge in [0.25, 0.3) is 0 Å². The lowest BCUT2D eigenvalue weighted by Gasteiger charge is -2.35. The van der Waals surface area contributed by atoms with Gasteiger partial charge in [0.1, 0.15) is 24.6 Å². The Balaban J connectivity index is 1.85. The highest BCUT2D eigenvalue weighted by Gasteiger charge is 2.31. The second-order valence-corrected chi connectivity index (χ2v) is 5.36. The first-order valence-corrected chi connectivity index (χ1v) is 7.51. The van der Waals surface area contributed by atoms with Crippen molar-refractivity contribution in [1.82, 2.24) is 0 Å². The van der Waals surface area contributed by atoms with Crippen LogP contribution in [0.5, 0.6) is 11.5 Å². The molecule has 2 amide bonds. The second kappa shape index (κ2) is 6.62. The molecule has 1 heterocycles. The summed E-state index contributed by atoms with van der Waals surface area (Å²) in [4.78, 5) is 27.7. The van der Waals surface area contributed by atoms with Gasteiger partial charge in [0.2, 0.25) is 11.8 Å². The van der Waals surface area contributed by atoms with Gasteiger partial charge in [-0.3, -0.25) is 19.4 Å². The highest BCUT2D eigenvalue weighted by molar-refractivity contribution is 6.13. The molecule has 2 aromatic carbocycles. The molecule has 1 saturated heterocycles. The van der Waals surface area contributed by atoms with E-state index in [9.17, 15) is 9.59 Å². The zero-order valence-corrected chi connectivity index (χ0v) is 13.6. The Morgan fingerprint density at radius 1 is 0.708 bits per heavy atom. The lowest BCUT2D eigenvalue weighted by atomic mass is 10.2. The van der Waals surface area contributed by atoms with Crippen LogP contribution in [0.3, 0.4) is 0 Å². The van der Waals surface area contributed by atoms with Gasteiger partial charge in [-0.05, 0) is 48.5 Å². The zero-order chi connectivity index (χ0) is 17.1. The second-order valence-electron chi connectivity index (χ2n) is 5.36. The van der Waals surface area contributed by atoms with Crippen LogP contribution in [0.2, 0.25) is 0 Å². The quantitative estimate of drug-likeness (QED) is 0.810. The number of nitrogens with zero attached hydrogens (tertiary/aromatic N) is 2. The smallest absolute Gasteiger partial charge is 0.237 e. The number of carbonyl (C=O) groups is 2. The Morgan fingerprint density at radius 3 is 1.42 bits per heavy atom. The first-order valence-electron chi connectivity index (χ1n) is 7.51. The van der Waals surface area contributed by atoms with Crippen molar-refractivity contribution >= 4 is 23.2 Å². The molecule has 0 radical (unpaired) electrons. The van der Waals surface area contributed by atoms with Crippen molar-refractivity contribution in [2.24, 2.45) is 0 Å². The molecular weight excluding hydrogens is 308 g/mol. The van der Waals surface area contributed by atoms with E-state index in [0.29, 0.717) is 11.5 Å². The molecule has 0 bridgehead atoms. The van der Waals surface area contributed by atoms with Crippen molar-refractivity contribution < 1.29 is 19.1 Å². The maximum Gasteiger partial charge on any atom is 0.237 e. The molecule has 0 spiro atoms. The third kappa shape index (κ3) is 3.03. The van der Waals surface area contributed by atoms with Crippen LogP contribution >= 0.6 is 0 Å². The van der Waals surface area contributed by atoms with E-state index >= 15 is 0 Å². The van der Waals surface area contributed by atoms with Gasteiger partial charge in [0.05, 0.1) is 14.2 Å². The van der Waals surface area contributed by atoms with Crippen LogP contribution < -0.4 is 19.3 Å². The molecule has 1 fully saturated rings. The Kier molecular flexibility index (Phi) is 4.37. The van der Waals surface area contributed by atoms with E-state index in [1.54, 1.807) is 72.6 Å². The molecule has 1 aliphatic rings. The highest BCUT2D eigenvalue weighted by Crippen LogP contribution is 2.27. The average Bonchev–Trinajstić information content (AvgIpc) is 2.62. The maximum atomic E-state index is 12.3. The minimum absolute atomic E-state index is 0.155. The Hall–Kier alpha value is -3.02. The van der Waals surface area contributed by atoms with E-state index in [1.165, 1.54) is 0 Å². The number of rotatable bonds is 4. The molecule has 2 aromatic rings. The summed E-state index contributed by atoms with van der Waals surface area (Å²) in [5.74, 6) is 1.00. The number of anilines is 2. The van der Waals surface area contributed by atoms with Crippen molar-refractivity contribution in [3.63, 3.8) is 0 Å². The van der Waals surface area contributed by atoms with Crippen LogP contribution in [0.1, 0.15) is 6.42 Å². The van der Waals surface area contributed by atoms with Gasteiger partial charge in [0, 0.05) is 11.4 Å². The minimum atomic E-state index is -0.213. The van der Waals surface area contributed by atoms with Gasteiger partial charge in [-0.25, -0.2) is 0 Å². The fourth-order valence-electron chi connectivity index (χ4n) is 2.59. The van der Waals surface area contributed by atoms with Crippen LogP contribution in [0, 0.1) is 0 Å². The first kappa shape index (κ1) is 15.9. The molecule has 6 nitrogen and oxygen atoms in total. The number of ether oxygens (including phenoxy) is 2. The Morgan fingerprint density at radius 2 is 1.08 bits per heavy atom. The lowest BCUT2D eigenvalue weighted by Crippen LogP contribution is -2.51. The minimum Gasteiger partial charge on any atom is -0.497 e. The lowest BCUT2D eigenvalue weighted by molar-refractivity contribution is -0.128. The van der Waals surface area contributed by atoms with Crippen LogP contribution in [-0.2, 0) is 9.59 Å². The summed E-state index contributed by atoms with van der Waals surface area (Å²) in [6.45, 7) is 0.177. The van der Waals surface area contributed by atoms with E-state index in [-0.39, 0.29) is 24.9 Å². The van der Waals surface area contributed by atoms with Crippen LogP contribution in [0.25, 0.3) is 0 Å². The molecule has 0 atom stereocenters. The molecule has 0 aromatic heterocycles. The SMILES string of the molecule is COc1ccc(N2CN(c3ccc(OC)cc3)C(=O)CC2=O)cc1. The summed E-state index contributed by atoms with van der Waals surface area (Å²) >= 11 is 0. The molecule has 1 aliphatic heterocycles. The zero-order valence-electron chi connectivity index (χ0n) is 13.6. The van der Waals surface area contributed by atoms with Gasteiger partial charge >= 0.3 is 0 Å². The molecule has 3 rings (SSSR count). The number of hydrogen-bond donors (Lipinski definition) is 0. The standard InChI is InChI=1S/C18H18N2O4/c1-23-15-7-3-13(4-8-15)19-12-20(18(22)11-17(19)21)14-5-9-16(24-2)10-6-14/h3-10H,11-12H2,1-2H3. The topological polar surface area (TPSA) is 59.1 Å². The van der Waals surface area contributed by atoms with Crippen molar-refractivity contribution in [3.05, 3.63) is 48.5 Å². The Bertz CT molecular complexity index is 677. The predicted molar refractivity (Wildman–Crippen MR) is 90.4 cm³/mol. The summed E-state index contributed by atoms with van der Waals surface area (Å²) < 4.78 is 10.3. The van der Waals surface area contributed by atoms with Gasteiger partial charge in [-0.2, -0.15) is 0 Å². The third-order valence-corrected chi connectivity index (χ3v) is 3.96. The maximum absolute atomic E-state index is 12.3. The summed E-state index contributed by atoms with van der Waals surface area (Å²) in [6.07, 6.45) is -0.155. The van der Waals surface area contributed by atoms with Crippen molar-refractivity contribution in [3.8, 4) is 11.5 Å². The number of carbonyl (C=O) groups excluding carboxylic acids is 2. The molecule has 24 heavy (non-hydrogen) atoms. The highest BCUT2D eigenvalue weighted by atomic mass is 16.5. The van der Waals surface area contributed by atoms with E-state index < -0.39 is 0 Å². The van der Waals surface area contributed by atoms with Gasteiger partial charge < -0.3 is 9.47 Å². The summed E-state index contributed by atoms with van der Waals surface area (Å²) in [5, 5.41) is 0. The van der Waals surface area contributed by atoms with E-state index in [2.05, 4.69) is 0 Å². The number of benzene rings is 2. The summed E-state index contributed by atoms with van der Waals surface area (Å²) in [7, 11) is 3.18. The largest absolute Gasteiger partial charge is 0.497 e. The molecule has 6 heteroatoms. The summed E-state index contributed by atoms with van der Waals surface area (Å²) in [5.41, 5.74) is 1.46. The Labute approximate surface area is 140 Å². The summed E-state index contributed by atoms with van der Waals surface area (Å²) in [6, 6.07) is 14.4. The predicted octanol–water partition coefficient (Wildman–Crippen LogP) is 2.43. The normalized spacial score (nSPS) is 14.8. The molecule has 0 unspecified atom stereocenters. The van der Waals surface area contributed by atoms with E-state index in [0.717, 1.165) is 11.4 Å². The van der Waals surface area contributed by atoms with Crippen molar-refractivity contribution in [1.29, 1.82) is 0 Å². The van der Waals surface area contributed by atoms with Crippen molar-refractivity contribution in [2.75, 3.05) is 30.7 Å². The van der Waals surface area contributed by atoms with E-state index in [1.807, 2.05) is 0 Å². The average molecular weight is 326 g/mol. The van der Waals surface area contributed by atoms with Gasteiger partial charge in [-0.1, -0.05) is 0 Å². The fourth-order valence-corrected chi connectivity index (χ4v) is 2.59.